The summed E-state index contributed by atoms with van der Waals surface area (Å²) >= 11 is 0. The van der Waals surface area contributed by atoms with Crippen molar-refractivity contribution < 1.29 is 4.74 Å². The molecule has 0 radical (unpaired) electrons. The fourth-order valence-corrected chi connectivity index (χ4v) is 3.43. The minimum atomic E-state index is 0.450. The van der Waals surface area contributed by atoms with Crippen molar-refractivity contribution in [2.45, 2.75) is 57.9 Å². The maximum Gasteiger partial charge on any atom is 0.0468 e. The Balaban J connectivity index is 1.75. The first-order chi connectivity index (χ1) is 7.75. The first kappa shape index (κ1) is 12.4. The molecule has 0 aromatic carbocycles. The summed E-state index contributed by atoms with van der Waals surface area (Å²) in [5.41, 5.74) is 6.40. The van der Waals surface area contributed by atoms with Crippen LogP contribution in [0.2, 0.25) is 0 Å². The quantitative estimate of drug-likeness (QED) is 0.801. The summed E-state index contributed by atoms with van der Waals surface area (Å²) in [7, 11) is 0. The van der Waals surface area contributed by atoms with Crippen molar-refractivity contribution in [3.8, 4) is 0 Å². The van der Waals surface area contributed by atoms with Crippen molar-refractivity contribution >= 4 is 0 Å². The summed E-state index contributed by atoms with van der Waals surface area (Å²) in [6.07, 6.45) is 9.25. The van der Waals surface area contributed by atoms with Gasteiger partial charge in [0.05, 0.1) is 0 Å². The highest BCUT2D eigenvalue weighted by Gasteiger charge is 2.26. The summed E-state index contributed by atoms with van der Waals surface area (Å²) in [4.78, 5) is 0. The van der Waals surface area contributed by atoms with Gasteiger partial charge < -0.3 is 10.5 Å². The molecule has 3 atom stereocenters. The molecule has 0 bridgehead atoms. The van der Waals surface area contributed by atoms with Crippen molar-refractivity contribution in [2.75, 3.05) is 13.2 Å². The maximum atomic E-state index is 6.40. The van der Waals surface area contributed by atoms with E-state index >= 15 is 0 Å². The van der Waals surface area contributed by atoms with Crippen molar-refractivity contribution in [2.24, 2.45) is 23.5 Å². The van der Waals surface area contributed by atoms with Crippen LogP contribution in [0.25, 0.3) is 0 Å². The molecule has 2 aliphatic rings. The van der Waals surface area contributed by atoms with Crippen molar-refractivity contribution in [3.05, 3.63) is 0 Å². The van der Waals surface area contributed by atoms with Crippen molar-refractivity contribution in [1.82, 2.24) is 0 Å². The van der Waals surface area contributed by atoms with Gasteiger partial charge in [0, 0.05) is 19.3 Å². The second-order valence-electron chi connectivity index (χ2n) is 5.99. The first-order valence-electron chi connectivity index (χ1n) is 7.09. The first-order valence-corrected chi connectivity index (χ1v) is 7.09. The molecule has 1 aliphatic heterocycles. The Hall–Kier alpha value is -0.0800. The van der Waals surface area contributed by atoms with Gasteiger partial charge in [-0.3, -0.25) is 0 Å². The minimum Gasteiger partial charge on any atom is -0.381 e. The second-order valence-corrected chi connectivity index (χ2v) is 5.99. The van der Waals surface area contributed by atoms with Gasteiger partial charge in [-0.25, -0.2) is 0 Å². The van der Waals surface area contributed by atoms with Gasteiger partial charge in [0.15, 0.2) is 0 Å². The molecule has 2 N–H and O–H groups in total. The topological polar surface area (TPSA) is 35.2 Å². The van der Waals surface area contributed by atoms with Crippen LogP contribution < -0.4 is 5.73 Å². The van der Waals surface area contributed by atoms with Gasteiger partial charge in [-0.1, -0.05) is 19.8 Å². The highest BCUT2D eigenvalue weighted by molar-refractivity contribution is 4.81. The van der Waals surface area contributed by atoms with Crippen LogP contribution in [0, 0.1) is 17.8 Å². The Bertz CT molecular complexity index is 201. The summed E-state index contributed by atoms with van der Waals surface area (Å²) in [6, 6.07) is 0.450. The van der Waals surface area contributed by atoms with Crippen LogP contribution in [0.4, 0.5) is 0 Å². The molecule has 2 fully saturated rings. The fourth-order valence-electron chi connectivity index (χ4n) is 3.43. The molecule has 1 saturated carbocycles. The van der Waals surface area contributed by atoms with Gasteiger partial charge in [-0.15, -0.1) is 0 Å². The summed E-state index contributed by atoms with van der Waals surface area (Å²) in [5, 5.41) is 0. The molecule has 0 aromatic rings. The molecule has 2 rings (SSSR count). The molecule has 0 spiro atoms. The highest BCUT2D eigenvalue weighted by atomic mass is 16.5. The Morgan fingerprint density at radius 1 is 1.19 bits per heavy atom. The third-order valence-corrected chi connectivity index (χ3v) is 4.53. The molecule has 2 nitrogen and oxygen atoms in total. The van der Waals surface area contributed by atoms with E-state index in [9.17, 15) is 0 Å². The average Bonchev–Trinajstić information content (AvgIpc) is 2.30. The van der Waals surface area contributed by atoms with Gasteiger partial charge >= 0.3 is 0 Å². The molecule has 1 saturated heterocycles. The predicted octanol–water partition coefficient (Wildman–Crippen LogP) is 2.96. The Labute approximate surface area is 99.9 Å². The average molecular weight is 225 g/mol. The van der Waals surface area contributed by atoms with Crippen LogP contribution in [0.1, 0.15) is 51.9 Å². The van der Waals surface area contributed by atoms with E-state index < -0.39 is 0 Å². The fraction of sp³-hybridized carbons (Fsp3) is 1.00. The summed E-state index contributed by atoms with van der Waals surface area (Å²) < 4.78 is 5.40. The van der Waals surface area contributed by atoms with Crippen LogP contribution in [-0.4, -0.2) is 19.3 Å². The monoisotopic (exact) mass is 225 g/mol. The van der Waals surface area contributed by atoms with Crippen LogP contribution in [0.5, 0.6) is 0 Å². The number of nitrogens with two attached hydrogens (primary N) is 1. The van der Waals surface area contributed by atoms with Crippen molar-refractivity contribution in [1.29, 1.82) is 0 Å². The molecule has 16 heavy (non-hydrogen) atoms. The normalized spacial score (nSPS) is 34.9. The molecule has 1 aliphatic carbocycles. The summed E-state index contributed by atoms with van der Waals surface area (Å²) in [6.45, 7) is 4.30. The van der Waals surface area contributed by atoms with Crippen LogP contribution in [0.15, 0.2) is 0 Å². The van der Waals surface area contributed by atoms with Crippen molar-refractivity contribution in [3.63, 3.8) is 0 Å². The van der Waals surface area contributed by atoms with E-state index in [2.05, 4.69) is 6.92 Å². The lowest BCUT2D eigenvalue weighted by molar-refractivity contribution is 0.0580. The van der Waals surface area contributed by atoms with E-state index in [-0.39, 0.29) is 0 Å². The molecule has 3 unspecified atom stereocenters. The smallest absolute Gasteiger partial charge is 0.0468 e. The van der Waals surface area contributed by atoms with Gasteiger partial charge in [0.25, 0.3) is 0 Å². The molecular formula is C14H27NO. The Kier molecular flexibility index (Phi) is 4.66. The number of rotatable bonds is 3. The van der Waals surface area contributed by atoms with Gasteiger partial charge in [0.2, 0.25) is 0 Å². The lowest BCUT2D eigenvalue weighted by Crippen LogP contribution is -2.36. The van der Waals surface area contributed by atoms with E-state index in [4.69, 9.17) is 10.5 Å². The zero-order valence-electron chi connectivity index (χ0n) is 10.7. The third kappa shape index (κ3) is 3.46. The largest absolute Gasteiger partial charge is 0.381 e. The van der Waals surface area contributed by atoms with E-state index in [0.717, 1.165) is 31.0 Å². The lowest BCUT2D eigenvalue weighted by atomic mass is 9.76. The predicted molar refractivity (Wildman–Crippen MR) is 67.3 cm³/mol. The van der Waals surface area contributed by atoms with E-state index in [1.165, 1.54) is 44.9 Å². The van der Waals surface area contributed by atoms with Gasteiger partial charge in [-0.2, -0.15) is 0 Å². The maximum absolute atomic E-state index is 6.40. The molecule has 0 amide bonds. The molecule has 2 heteroatoms. The van der Waals surface area contributed by atoms with E-state index in [0.29, 0.717) is 6.04 Å². The Morgan fingerprint density at radius 2 is 1.94 bits per heavy atom. The van der Waals surface area contributed by atoms with E-state index in [1.54, 1.807) is 0 Å². The molecule has 0 aromatic heterocycles. The number of hydrogen-bond acceptors (Lipinski definition) is 2. The molecule has 94 valence electrons. The van der Waals surface area contributed by atoms with Gasteiger partial charge in [0.1, 0.15) is 0 Å². The zero-order valence-corrected chi connectivity index (χ0v) is 10.7. The van der Waals surface area contributed by atoms with Crippen LogP contribution in [-0.2, 0) is 4.74 Å². The van der Waals surface area contributed by atoms with Gasteiger partial charge in [-0.05, 0) is 49.9 Å². The second kappa shape index (κ2) is 6.02. The Morgan fingerprint density at radius 3 is 2.62 bits per heavy atom. The van der Waals surface area contributed by atoms with Crippen LogP contribution in [0.3, 0.4) is 0 Å². The molecular weight excluding hydrogens is 198 g/mol. The lowest BCUT2D eigenvalue weighted by Gasteiger charge is -2.34. The molecule has 1 heterocycles. The van der Waals surface area contributed by atoms with E-state index in [1.807, 2.05) is 0 Å². The summed E-state index contributed by atoms with van der Waals surface area (Å²) in [5.74, 6) is 2.53. The highest BCUT2D eigenvalue weighted by Crippen LogP contribution is 2.33. The number of ether oxygens (including phenoxy) is 1. The third-order valence-electron chi connectivity index (χ3n) is 4.53. The standard InChI is InChI=1S/C14H27NO/c1-11-3-2-4-13(9-11)14(15)10-12-5-7-16-8-6-12/h11-14H,2-10,15H2,1H3. The number of hydrogen-bond donors (Lipinski definition) is 1. The zero-order chi connectivity index (χ0) is 11.4. The van der Waals surface area contributed by atoms with Crippen LogP contribution >= 0.6 is 0 Å². The minimum absolute atomic E-state index is 0.450. The SMILES string of the molecule is CC1CCCC(C(N)CC2CCOCC2)C1.